The fourth-order valence-electron chi connectivity index (χ4n) is 4.55. The van der Waals surface area contributed by atoms with E-state index in [1.165, 1.54) is 22.0 Å². The maximum atomic E-state index is 5.37. The number of nitrogens with zero attached hydrogens (tertiary/aromatic N) is 4. The first kappa shape index (κ1) is 18.9. The highest BCUT2D eigenvalue weighted by atomic mass is 16.5. The molecule has 0 spiro atoms. The fourth-order valence-corrected chi connectivity index (χ4v) is 4.55. The molecule has 5 heteroatoms. The van der Waals surface area contributed by atoms with Crippen LogP contribution < -0.4 is 9.64 Å². The lowest BCUT2D eigenvalue weighted by atomic mass is 10.1. The van der Waals surface area contributed by atoms with Crippen molar-refractivity contribution in [1.82, 2.24) is 14.5 Å². The minimum Gasteiger partial charge on any atom is -0.497 e. The maximum absolute atomic E-state index is 5.37. The molecule has 30 heavy (non-hydrogen) atoms. The molecule has 4 aromatic rings. The van der Waals surface area contributed by atoms with Crippen LogP contribution in [0, 0.1) is 0 Å². The van der Waals surface area contributed by atoms with Gasteiger partial charge in [-0.3, -0.25) is 4.90 Å². The van der Waals surface area contributed by atoms with E-state index in [4.69, 9.17) is 9.72 Å². The number of hydrogen-bond donors (Lipinski definition) is 0. The van der Waals surface area contributed by atoms with Crippen molar-refractivity contribution in [3.63, 3.8) is 0 Å². The zero-order chi connectivity index (χ0) is 20.5. The highest BCUT2D eigenvalue weighted by Crippen LogP contribution is 2.26. The Morgan fingerprint density at radius 3 is 2.60 bits per heavy atom. The van der Waals surface area contributed by atoms with Gasteiger partial charge in [-0.25, -0.2) is 4.98 Å². The molecule has 0 unspecified atom stereocenters. The molecule has 1 fully saturated rings. The number of piperazine rings is 1. The van der Waals surface area contributed by atoms with Crippen LogP contribution in [-0.2, 0) is 13.5 Å². The number of methoxy groups -OCH3 is 1. The van der Waals surface area contributed by atoms with E-state index in [-0.39, 0.29) is 0 Å². The first-order chi connectivity index (χ1) is 14.7. The lowest BCUT2D eigenvalue weighted by Gasteiger charge is -2.36. The Kier molecular flexibility index (Phi) is 5.05. The summed E-state index contributed by atoms with van der Waals surface area (Å²) in [6, 6.07) is 21.2. The summed E-state index contributed by atoms with van der Waals surface area (Å²) in [6.07, 6.45) is 0.971. The molecule has 154 valence electrons. The molecule has 1 aliphatic heterocycles. The molecule has 0 saturated carbocycles. The number of hydrogen-bond acceptors (Lipinski definition) is 4. The van der Waals surface area contributed by atoms with Crippen molar-refractivity contribution in [2.24, 2.45) is 7.05 Å². The van der Waals surface area contributed by atoms with E-state index >= 15 is 0 Å². The Balaban J connectivity index is 1.25. The Hall–Kier alpha value is -3.05. The van der Waals surface area contributed by atoms with E-state index in [0.29, 0.717) is 0 Å². The minimum atomic E-state index is 0.921. The van der Waals surface area contributed by atoms with Crippen molar-refractivity contribution in [2.45, 2.75) is 6.42 Å². The van der Waals surface area contributed by atoms with Crippen molar-refractivity contribution in [1.29, 1.82) is 0 Å². The van der Waals surface area contributed by atoms with E-state index in [9.17, 15) is 0 Å². The monoisotopic (exact) mass is 400 g/mol. The molecule has 1 aliphatic rings. The van der Waals surface area contributed by atoms with Gasteiger partial charge in [0.25, 0.3) is 0 Å². The predicted molar refractivity (Wildman–Crippen MR) is 124 cm³/mol. The summed E-state index contributed by atoms with van der Waals surface area (Å²) in [5.41, 5.74) is 3.58. The number of ether oxygens (including phenoxy) is 1. The highest BCUT2D eigenvalue weighted by molar-refractivity contribution is 6.04. The van der Waals surface area contributed by atoms with Crippen LogP contribution in [-0.4, -0.2) is 54.3 Å². The Bertz CT molecular complexity index is 1170. The molecule has 0 N–H and O–H groups in total. The first-order valence-electron chi connectivity index (χ1n) is 10.7. The number of aryl methyl sites for hydroxylation is 1. The molecule has 3 aromatic carbocycles. The number of fused-ring (bicyclic) bond motifs is 3. The smallest absolute Gasteiger partial charge is 0.120 e. The zero-order valence-electron chi connectivity index (χ0n) is 17.7. The number of benzene rings is 3. The van der Waals surface area contributed by atoms with E-state index in [2.05, 4.69) is 76.0 Å². The van der Waals surface area contributed by atoms with Gasteiger partial charge in [-0.2, -0.15) is 0 Å². The molecular formula is C25H28N4O. The van der Waals surface area contributed by atoms with Gasteiger partial charge in [0.1, 0.15) is 11.6 Å². The summed E-state index contributed by atoms with van der Waals surface area (Å²) in [7, 11) is 3.87. The van der Waals surface area contributed by atoms with Gasteiger partial charge >= 0.3 is 0 Å². The van der Waals surface area contributed by atoms with Crippen LogP contribution in [0.2, 0.25) is 0 Å². The van der Waals surface area contributed by atoms with Crippen LogP contribution in [0.5, 0.6) is 5.75 Å². The molecule has 0 bridgehead atoms. The molecular weight excluding hydrogens is 372 g/mol. The van der Waals surface area contributed by atoms with Gasteiger partial charge in [0.05, 0.1) is 18.1 Å². The van der Waals surface area contributed by atoms with Crippen molar-refractivity contribution < 1.29 is 4.74 Å². The van der Waals surface area contributed by atoms with Gasteiger partial charge in [-0.1, -0.05) is 36.4 Å². The van der Waals surface area contributed by atoms with Crippen LogP contribution in [0.25, 0.3) is 21.8 Å². The topological polar surface area (TPSA) is 33.5 Å². The van der Waals surface area contributed by atoms with Gasteiger partial charge in [-0.05, 0) is 23.6 Å². The third-order valence-corrected chi connectivity index (χ3v) is 6.29. The lowest BCUT2D eigenvalue weighted by molar-refractivity contribution is 0.259. The second kappa shape index (κ2) is 8.00. The van der Waals surface area contributed by atoms with Crippen molar-refractivity contribution >= 4 is 27.5 Å². The number of aromatic nitrogens is 2. The molecule has 0 amide bonds. The molecule has 0 aliphatic carbocycles. The third kappa shape index (κ3) is 3.50. The molecule has 0 atom stereocenters. The number of anilines is 1. The number of rotatable bonds is 5. The fraction of sp³-hybridized carbons (Fsp3) is 0.320. The van der Waals surface area contributed by atoms with Crippen LogP contribution >= 0.6 is 0 Å². The first-order valence-corrected chi connectivity index (χ1v) is 10.7. The standard InChI is InChI=1S/C25H28N4O/c1-27-24(26-23-11-10-19-6-3-4-9-22(19)25(23)27)12-13-28-14-16-29(17-15-28)20-7-5-8-21(18-20)30-2/h3-11,18H,12-17H2,1-2H3. The van der Waals surface area contributed by atoms with Gasteiger partial charge in [0.2, 0.25) is 0 Å². The van der Waals surface area contributed by atoms with Crippen molar-refractivity contribution in [2.75, 3.05) is 44.7 Å². The molecule has 5 rings (SSSR count). The molecule has 2 heterocycles. The van der Waals surface area contributed by atoms with Crippen LogP contribution in [0.15, 0.2) is 60.7 Å². The van der Waals surface area contributed by atoms with E-state index in [0.717, 1.165) is 56.2 Å². The molecule has 0 radical (unpaired) electrons. The Morgan fingerprint density at radius 2 is 1.77 bits per heavy atom. The summed E-state index contributed by atoms with van der Waals surface area (Å²) < 4.78 is 7.65. The number of imidazole rings is 1. The second-order valence-corrected chi connectivity index (χ2v) is 8.02. The summed E-state index contributed by atoms with van der Waals surface area (Å²) >= 11 is 0. The summed E-state index contributed by atoms with van der Waals surface area (Å²) in [4.78, 5) is 9.93. The van der Waals surface area contributed by atoms with Gasteiger partial charge < -0.3 is 14.2 Å². The second-order valence-electron chi connectivity index (χ2n) is 8.02. The normalized spacial score (nSPS) is 15.2. The summed E-state index contributed by atoms with van der Waals surface area (Å²) in [6.45, 7) is 5.27. The Labute approximate surface area is 177 Å². The predicted octanol–water partition coefficient (Wildman–Crippen LogP) is 4.10. The van der Waals surface area contributed by atoms with Gasteiger partial charge in [-0.15, -0.1) is 0 Å². The zero-order valence-corrected chi connectivity index (χ0v) is 17.7. The van der Waals surface area contributed by atoms with Crippen molar-refractivity contribution in [3.05, 3.63) is 66.5 Å². The molecule has 1 aromatic heterocycles. The van der Waals surface area contributed by atoms with Gasteiger partial charge in [0.15, 0.2) is 0 Å². The lowest BCUT2D eigenvalue weighted by Crippen LogP contribution is -2.47. The molecule has 5 nitrogen and oxygen atoms in total. The maximum Gasteiger partial charge on any atom is 0.120 e. The summed E-state index contributed by atoms with van der Waals surface area (Å²) in [5.74, 6) is 2.08. The average molecular weight is 401 g/mol. The largest absolute Gasteiger partial charge is 0.497 e. The van der Waals surface area contributed by atoms with E-state index in [1.54, 1.807) is 7.11 Å². The quantitative estimate of drug-likeness (QED) is 0.505. The summed E-state index contributed by atoms with van der Waals surface area (Å²) in [5, 5.41) is 2.55. The SMILES string of the molecule is COc1cccc(N2CCN(CCc3nc4ccc5ccccc5c4n3C)CC2)c1. The highest BCUT2D eigenvalue weighted by Gasteiger charge is 2.18. The minimum absolute atomic E-state index is 0.921. The average Bonchev–Trinajstić information content (AvgIpc) is 3.14. The van der Waals surface area contributed by atoms with E-state index in [1.807, 2.05) is 6.07 Å². The van der Waals surface area contributed by atoms with Crippen LogP contribution in [0.4, 0.5) is 5.69 Å². The van der Waals surface area contributed by atoms with Crippen LogP contribution in [0.1, 0.15) is 5.82 Å². The van der Waals surface area contributed by atoms with Crippen LogP contribution in [0.3, 0.4) is 0 Å². The molecule has 1 saturated heterocycles. The Morgan fingerprint density at radius 1 is 0.933 bits per heavy atom. The van der Waals surface area contributed by atoms with E-state index < -0.39 is 0 Å². The van der Waals surface area contributed by atoms with Crippen molar-refractivity contribution in [3.8, 4) is 5.75 Å². The third-order valence-electron chi connectivity index (χ3n) is 6.29. The van der Waals surface area contributed by atoms with Gasteiger partial charge in [0, 0.05) is 63.3 Å².